The van der Waals surface area contributed by atoms with Crippen molar-refractivity contribution in [1.29, 1.82) is 0 Å². The highest BCUT2D eigenvalue weighted by Crippen LogP contribution is 2.32. The first-order valence-corrected chi connectivity index (χ1v) is 13.4. The Hall–Kier alpha value is -2.46. The number of hydrogen-bond acceptors (Lipinski definition) is 4. The number of nitrogens with zero attached hydrogens (tertiary/aromatic N) is 3. The number of hydrogen-bond donors (Lipinski definition) is 1. The van der Waals surface area contributed by atoms with Crippen molar-refractivity contribution in [3.8, 4) is 11.8 Å². The number of ether oxygens (including phenoxy) is 1. The first-order chi connectivity index (χ1) is 17.4. The van der Waals surface area contributed by atoms with Crippen LogP contribution in [0.4, 0.5) is 4.79 Å². The molecule has 0 bridgehead atoms. The van der Waals surface area contributed by atoms with Gasteiger partial charge in [-0.1, -0.05) is 71.8 Å². The fraction of sp³-hybridized carbons (Fsp3) is 0.444. The molecule has 1 saturated heterocycles. The molecule has 1 saturated carbocycles. The van der Waals surface area contributed by atoms with E-state index in [-0.39, 0.29) is 12.6 Å². The summed E-state index contributed by atoms with van der Waals surface area (Å²) in [4.78, 5) is 26.9. The molecule has 1 atom stereocenters. The zero-order valence-corrected chi connectivity index (χ0v) is 22.0. The normalized spacial score (nSPS) is 20.2. The highest BCUT2D eigenvalue weighted by atomic mass is 35.6. The lowest BCUT2D eigenvalue weighted by atomic mass is 10.1. The number of nitrogens with one attached hydrogen (secondary N) is 1. The van der Waals surface area contributed by atoms with E-state index in [0.29, 0.717) is 18.9 Å². The summed E-state index contributed by atoms with van der Waals surface area (Å²) in [5, 5.41) is 0. The van der Waals surface area contributed by atoms with Crippen LogP contribution in [0.5, 0.6) is 0 Å². The Morgan fingerprint density at radius 2 is 1.89 bits per heavy atom. The summed E-state index contributed by atoms with van der Waals surface area (Å²) in [6.45, 7) is 0.316. The third-order valence-corrected chi connectivity index (χ3v) is 7.19. The molecule has 2 fully saturated rings. The largest absolute Gasteiger partial charge is 0.445 e. The van der Waals surface area contributed by atoms with Crippen LogP contribution in [0.25, 0.3) is 5.70 Å². The average molecular weight is 546 g/mol. The number of imidazole rings is 1. The maximum atomic E-state index is 12.5. The van der Waals surface area contributed by atoms with Crippen molar-refractivity contribution in [3.05, 3.63) is 59.2 Å². The van der Waals surface area contributed by atoms with Gasteiger partial charge in [-0.3, -0.25) is 9.89 Å². The number of carbonyl (C=O) groups is 1. The van der Waals surface area contributed by atoms with E-state index in [9.17, 15) is 4.79 Å². The van der Waals surface area contributed by atoms with E-state index >= 15 is 0 Å². The van der Waals surface area contributed by atoms with Crippen molar-refractivity contribution >= 4 is 52.3 Å². The van der Waals surface area contributed by atoms with Crippen LogP contribution in [0.15, 0.2) is 41.5 Å². The number of aromatic amines is 1. The zero-order valence-electron chi connectivity index (χ0n) is 19.8. The molecule has 6 nitrogen and oxygen atoms in total. The minimum absolute atomic E-state index is 0.102. The van der Waals surface area contributed by atoms with Crippen molar-refractivity contribution in [2.75, 3.05) is 13.2 Å². The van der Waals surface area contributed by atoms with Gasteiger partial charge in [-0.25, -0.2) is 9.78 Å². The summed E-state index contributed by atoms with van der Waals surface area (Å²) in [5.41, 5.74) is 4.65. The number of amides is 1. The number of rotatable bonds is 4. The Balaban J connectivity index is 1.21. The quantitative estimate of drug-likeness (QED) is 0.346. The third-order valence-electron chi connectivity index (χ3n) is 6.86. The van der Waals surface area contributed by atoms with Gasteiger partial charge in [0, 0.05) is 30.2 Å². The topological polar surface area (TPSA) is 70.6 Å². The van der Waals surface area contributed by atoms with E-state index in [4.69, 9.17) is 44.5 Å². The second kappa shape index (κ2) is 10.9. The van der Waals surface area contributed by atoms with Crippen LogP contribution >= 0.6 is 34.8 Å². The van der Waals surface area contributed by atoms with Crippen LogP contribution in [0.3, 0.4) is 0 Å². The third kappa shape index (κ3) is 6.08. The minimum atomic E-state index is -1.63. The second-order valence-corrected chi connectivity index (χ2v) is 11.9. The molecule has 0 spiro atoms. The lowest BCUT2D eigenvalue weighted by molar-refractivity contribution is 0.107. The van der Waals surface area contributed by atoms with E-state index in [2.05, 4.69) is 27.9 Å². The number of aliphatic imine (C=N–C) groups is 1. The standard InChI is InChI=1S/C27H27Cl3N4O2/c28-27(29,30)17-36-26(35)34-15-3-6-24(34)23-14-13-22(33-23)19-10-7-18(8-11-19)9-12-21-16-31-25(32-21)20-4-1-2-5-20/h7-8,10-11,13,16,20,24H,1-6,14-15,17H2,(H,31,32)/t24-/m0/s1. The van der Waals surface area contributed by atoms with Crippen molar-refractivity contribution < 1.29 is 9.53 Å². The highest BCUT2D eigenvalue weighted by molar-refractivity contribution is 6.67. The summed E-state index contributed by atoms with van der Waals surface area (Å²) >= 11 is 17.1. The maximum absolute atomic E-state index is 12.5. The first-order valence-electron chi connectivity index (χ1n) is 12.3. The zero-order chi connectivity index (χ0) is 25.1. The van der Waals surface area contributed by atoms with Gasteiger partial charge in [-0.05, 0) is 49.3 Å². The number of carbonyl (C=O) groups excluding carboxylic acids is 1. The highest BCUT2D eigenvalue weighted by Gasteiger charge is 2.35. The molecule has 3 heterocycles. The average Bonchev–Trinajstić information content (AvgIpc) is 3.67. The lowest BCUT2D eigenvalue weighted by Gasteiger charge is -2.25. The molecule has 3 aliphatic rings. The van der Waals surface area contributed by atoms with Gasteiger partial charge in [0.25, 0.3) is 0 Å². The van der Waals surface area contributed by atoms with Gasteiger partial charge in [0.05, 0.1) is 17.9 Å². The Labute approximate surface area is 226 Å². The molecule has 0 unspecified atom stereocenters. The molecule has 1 aliphatic carbocycles. The number of halogens is 3. The van der Waals surface area contributed by atoms with Gasteiger partial charge in [-0.2, -0.15) is 0 Å². The molecule has 9 heteroatoms. The molecule has 1 N–H and O–H groups in total. The number of aromatic nitrogens is 2. The molecular weight excluding hydrogens is 519 g/mol. The van der Waals surface area contributed by atoms with Gasteiger partial charge in [0.15, 0.2) is 0 Å². The molecular formula is C27H27Cl3N4O2. The molecule has 1 amide bonds. The van der Waals surface area contributed by atoms with Crippen molar-refractivity contribution in [3.63, 3.8) is 0 Å². The molecule has 188 valence electrons. The number of H-pyrrole nitrogens is 1. The summed E-state index contributed by atoms with van der Waals surface area (Å²) in [7, 11) is 0. The number of alkyl halides is 3. The maximum Gasteiger partial charge on any atom is 0.410 e. The van der Waals surface area contributed by atoms with Crippen molar-refractivity contribution in [2.45, 2.75) is 60.7 Å². The van der Waals surface area contributed by atoms with Gasteiger partial charge in [0.1, 0.15) is 18.1 Å². The number of benzene rings is 1. The van der Waals surface area contributed by atoms with Crippen LogP contribution in [0.2, 0.25) is 0 Å². The van der Waals surface area contributed by atoms with Crippen LogP contribution in [0, 0.1) is 11.8 Å². The van der Waals surface area contributed by atoms with Gasteiger partial charge in [0.2, 0.25) is 3.79 Å². The predicted octanol–water partition coefficient (Wildman–Crippen LogP) is 6.62. The SMILES string of the molecule is O=C(OCC(Cl)(Cl)Cl)N1CCC[C@H]1C1=NC(c2ccc(C#Cc3cnc(C4CCCC4)[nH]3)cc2)=CC1. The van der Waals surface area contributed by atoms with Crippen molar-refractivity contribution in [2.24, 2.45) is 4.99 Å². The minimum Gasteiger partial charge on any atom is -0.445 e. The summed E-state index contributed by atoms with van der Waals surface area (Å²) in [6.07, 6.45) is 10.8. The monoisotopic (exact) mass is 544 g/mol. The summed E-state index contributed by atoms with van der Waals surface area (Å²) in [6, 6.07) is 7.96. The van der Waals surface area contributed by atoms with E-state index < -0.39 is 9.89 Å². The Kier molecular flexibility index (Phi) is 7.62. The molecule has 0 radical (unpaired) electrons. The summed E-state index contributed by atoms with van der Waals surface area (Å²) in [5.74, 6) is 8.02. The molecule has 2 aromatic rings. The van der Waals surface area contributed by atoms with Gasteiger partial charge < -0.3 is 9.72 Å². The van der Waals surface area contributed by atoms with Gasteiger partial charge in [-0.15, -0.1) is 0 Å². The van der Waals surface area contributed by atoms with E-state index in [1.54, 1.807) is 4.90 Å². The Morgan fingerprint density at radius 3 is 2.64 bits per heavy atom. The van der Waals surface area contributed by atoms with Crippen LogP contribution < -0.4 is 0 Å². The van der Waals surface area contributed by atoms with E-state index in [1.807, 2.05) is 30.5 Å². The summed E-state index contributed by atoms with van der Waals surface area (Å²) < 4.78 is 3.56. The van der Waals surface area contributed by atoms with Crippen molar-refractivity contribution in [1.82, 2.24) is 14.9 Å². The first kappa shape index (κ1) is 25.2. The fourth-order valence-electron chi connectivity index (χ4n) is 5.07. The molecule has 36 heavy (non-hydrogen) atoms. The Morgan fingerprint density at radius 1 is 1.11 bits per heavy atom. The fourth-order valence-corrected chi connectivity index (χ4v) is 5.23. The molecule has 2 aliphatic heterocycles. The molecule has 1 aromatic carbocycles. The smallest absolute Gasteiger partial charge is 0.410 e. The lowest BCUT2D eigenvalue weighted by Crippen LogP contribution is -2.41. The number of allylic oxidation sites excluding steroid dienone is 1. The van der Waals surface area contributed by atoms with Crippen LogP contribution in [-0.2, 0) is 4.74 Å². The Bertz CT molecular complexity index is 1230. The second-order valence-electron chi connectivity index (χ2n) is 9.41. The van der Waals surface area contributed by atoms with E-state index in [1.165, 1.54) is 25.7 Å². The van der Waals surface area contributed by atoms with Gasteiger partial charge >= 0.3 is 6.09 Å². The number of likely N-dealkylation sites (tertiary alicyclic amines) is 1. The predicted molar refractivity (Wildman–Crippen MR) is 144 cm³/mol. The van der Waals surface area contributed by atoms with Crippen LogP contribution in [0.1, 0.15) is 73.5 Å². The molecule has 1 aromatic heterocycles. The van der Waals surface area contributed by atoms with Crippen LogP contribution in [-0.4, -0.2) is 49.7 Å². The van der Waals surface area contributed by atoms with E-state index in [0.717, 1.165) is 46.9 Å². The molecule has 5 rings (SSSR count).